The molecule has 0 spiro atoms. The second-order valence-electron chi connectivity index (χ2n) is 7.08. The zero-order valence-corrected chi connectivity index (χ0v) is 16.2. The Morgan fingerprint density at radius 3 is 2.67 bits per heavy atom. The van der Waals surface area contributed by atoms with Crippen LogP contribution in [0.2, 0.25) is 0 Å². The Hall–Kier alpha value is -2.55. The Labute approximate surface area is 162 Å². The van der Waals surface area contributed by atoms with E-state index in [0.717, 1.165) is 25.0 Å². The lowest BCUT2D eigenvalue weighted by atomic mass is 9.88. The van der Waals surface area contributed by atoms with Crippen LogP contribution in [0.4, 0.5) is 0 Å². The van der Waals surface area contributed by atoms with E-state index in [4.69, 9.17) is 9.47 Å². The zero-order valence-electron chi connectivity index (χ0n) is 16.2. The molecule has 3 rings (SSSR count). The van der Waals surface area contributed by atoms with Crippen LogP contribution in [0, 0.1) is 5.92 Å². The van der Waals surface area contributed by atoms with Gasteiger partial charge in [0.05, 0.1) is 19.1 Å². The van der Waals surface area contributed by atoms with Gasteiger partial charge in [0, 0.05) is 6.42 Å². The van der Waals surface area contributed by atoms with E-state index in [2.05, 4.69) is 42.5 Å². The summed E-state index contributed by atoms with van der Waals surface area (Å²) >= 11 is 0. The third kappa shape index (κ3) is 5.22. The maximum atomic E-state index is 11.6. The van der Waals surface area contributed by atoms with Crippen LogP contribution in [0.1, 0.15) is 49.8 Å². The molecule has 27 heavy (non-hydrogen) atoms. The van der Waals surface area contributed by atoms with E-state index in [1.165, 1.54) is 22.3 Å². The molecule has 0 bridgehead atoms. The molecule has 0 amide bonds. The van der Waals surface area contributed by atoms with Crippen molar-refractivity contribution in [2.75, 3.05) is 13.2 Å². The van der Waals surface area contributed by atoms with E-state index in [1.807, 2.05) is 26.0 Å². The molecule has 0 heterocycles. The number of ether oxygens (including phenoxy) is 2. The van der Waals surface area contributed by atoms with Gasteiger partial charge in [0.25, 0.3) is 0 Å². The molecule has 0 aliphatic heterocycles. The maximum absolute atomic E-state index is 11.6. The Balaban J connectivity index is 1.54. The number of hydrogen-bond acceptors (Lipinski definition) is 3. The third-order valence-corrected chi connectivity index (χ3v) is 5.07. The fourth-order valence-corrected chi connectivity index (χ4v) is 3.16. The van der Waals surface area contributed by atoms with Gasteiger partial charge in [0.1, 0.15) is 5.75 Å². The highest BCUT2D eigenvalue weighted by Crippen LogP contribution is 2.32. The molecule has 0 saturated heterocycles. The maximum Gasteiger partial charge on any atom is 0.308 e. The third-order valence-electron chi connectivity index (χ3n) is 5.07. The fourth-order valence-electron chi connectivity index (χ4n) is 3.16. The monoisotopic (exact) mass is 364 g/mol. The Bertz CT molecular complexity index is 793. The van der Waals surface area contributed by atoms with Crippen molar-refractivity contribution in [1.29, 1.82) is 0 Å². The molecule has 0 N–H and O–H groups in total. The van der Waals surface area contributed by atoms with Gasteiger partial charge in [-0.15, -0.1) is 0 Å². The lowest BCUT2D eigenvalue weighted by molar-refractivity contribution is -0.148. The molecule has 1 atom stereocenters. The van der Waals surface area contributed by atoms with Crippen LogP contribution in [-0.4, -0.2) is 19.2 Å². The minimum absolute atomic E-state index is 0.0304. The minimum Gasteiger partial charge on any atom is -0.493 e. The van der Waals surface area contributed by atoms with Crippen LogP contribution < -0.4 is 4.74 Å². The molecule has 1 unspecified atom stereocenters. The van der Waals surface area contributed by atoms with Gasteiger partial charge in [0.15, 0.2) is 0 Å². The molecular formula is C24H28O3. The van der Waals surface area contributed by atoms with Crippen molar-refractivity contribution >= 4 is 17.6 Å². The number of rotatable bonds is 8. The summed E-state index contributed by atoms with van der Waals surface area (Å²) in [5, 5.41) is 0. The molecule has 2 aromatic carbocycles. The van der Waals surface area contributed by atoms with Crippen molar-refractivity contribution in [3.63, 3.8) is 0 Å². The topological polar surface area (TPSA) is 35.5 Å². The normalized spacial score (nSPS) is 14.1. The van der Waals surface area contributed by atoms with Crippen LogP contribution in [0.3, 0.4) is 0 Å². The summed E-state index contributed by atoms with van der Waals surface area (Å²) in [5.74, 6) is 0.717. The molecule has 3 heteroatoms. The van der Waals surface area contributed by atoms with Crippen molar-refractivity contribution in [3.8, 4) is 5.75 Å². The molecule has 3 nitrogen and oxygen atoms in total. The molecule has 1 aliphatic carbocycles. The molecule has 1 aliphatic rings. The van der Waals surface area contributed by atoms with Crippen molar-refractivity contribution in [3.05, 3.63) is 65.2 Å². The standard InChI is InChI=1S/C24H28O3/c1-3-18(2)24(25)27-15-7-14-26-23-13-12-20-10-11-21(16-22(20)17-23)19-8-5-4-6-9-19/h4-6,8-9,12-13,16-18H,3,7,10-11,14-15H2,1-2H3. The Kier molecular flexibility index (Phi) is 6.69. The Morgan fingerprint density at radius 2 is 1.89 bits per heavy atom. The van der Waals surface area contributed by atoms with Crippen LogP contribution >= 0.6 is 0 Å². The van der Waals surface area contributed by atoms with E-state index in [1.54, 1.807) is 0 Å². The minimum atomic E-state index is -0.121. The second kappa shape index (κ2) is 9.40. The number of hydrogen-bond donors (Lipinski definition) is 0. The highest BCUT2D eigenvalue weighted by Gasteiger charge is 2.13. The average molecular weight is 364 g/mol. The van der Waals surface area contributed by atoms with E-state index in [9.17, 15) is 4.79 Å². The number of fused-ring (bicyclic) bond motifs is 1. The zero-order chi connectivity index (χ0) is 19.1. The highest BCUT2D eigenvalue weighted by molar-refractivity contribution is 5.84. The van der Waals surface area contributed by atoms with E-state index in [-0.39, 0.29) is 11.9 Å². The number of carbonyl (C=O) groups excluding carboxylic acids is 1. The number of esters is 1. The van der Waals surface area contributed by atoms with Crippen LogP contribution in [0.15, 0.2) is 48.5 Å². The summed E-state index contributed by atoms with van der Waals surface area (Å²) < 4.78 is 11.1. The highest BCUT2D eigenvalue weighted by atomic mass is 16.5. The van der Waals surface area contributed by atoms with E-state index < -0.39 is 0 Å². The van der Waals surface area contributed by atoms with Gasteiger partial charge in [-0.3, -0.25) is 4.79 Å². The molecule has 0 aromatic heterocycles. The van der Waals surface area contributed by atoms with Crippen molar-refractivity contribution in [2.45, 2.75) is 39.5 Å². The van der Waals surface area contributed by atoms with Crippen LogP contribution in [0.25, 0.3) is 11.6 Å². The summed E-state index contributed by atoms with van der Waals surface area (Å²) in [6, 6.07) is 16.8. The van der Waals surface area contributed by atoms with Gasteiger partial charge >= 0.3 is 5.97 Å². The molecule has 0 saturated carbocycles. The summed E-state index contributed by atoms with van der Waals surface area (Å²) in [7, 11) is 0. The van der Waals surface area contributed by atoms with Crippen molar-refractivity contribution < 1.29 is 14.3 Å². The summed E-state index contributed by atoms with van der Waals surface area (Å²) in [6.45, 7) is 4.83. The summed E-state index contributed by atoms with van der Waals surface area (Å²) in [6.07, 6.45) is 5.91. The molecule has 142 valence electrons. The average Bonchev–Trinajstić information content (AvgIpc) is 2.72. The van der Waals surface area contributed by atoms with E-state index >= 15 is 0 Å². The van der Waals surface area contributed by atoms with Gasteiger partial charge in [-0.2, -0.15) is 0 Å². The summed E-state index contributed by atoms with van der Waals surface area (Å²) in [4.78, 5) is 11.6. The lowest BCUT2D eigenvalue weighted by Gasteiger charge is -2.18. The first-order valence-corrected chi connectivity index (χ1v) is 9.85. The smallest absolute Gasteiger partial charge is 0.308 e. The lowest BCUT2D eigenvalue weighted by Crippen LogP contribution is -2.15. The van der Waals surface area contributed by atoms with Crippen molar-refractivity contribution in [1.82, 2.24) is 0 Å². The second-order valence-corrected chi connectivity index (χ2v) is 7.08. The number of aryl methyl sites for hydroxylation is 1. The van der Waals surface area contributed by atoms with Gasteiger partial charge in [0.2, 0.25) is 0 Å². The quantitative estimate of drug-likeness (QED) is 0.456. The van der Waals surface area contributed by atoms with Crippen LogP contribution in [0.5, 0.6) is 5.75 Å². The van der Waals surface area contributed by atoms with E-state index in [0.29, 0.717) is 19.6 Å². The molecular weight excluding hydrogens is 336 g/mol. The number of carbonyl (C=O) groups is 1. The number of allylic oxidation sites excluding steroid dienone is 1. The predicted octanol–water partition coefficient (Wildman–Crippen LogP) is 5.53. The SMILES string of the molecule is CCC(C)C(=O)OCCCOc1ccc2c(c1)C=C(c1ccccc1)CC2. The van der Waals surface area contributed by atoms with Crippen molar-refractivity contribution in [2.24, 2.45) is 5.92 Å². The summed E-state index contributed by atoms with van der Waals surface area (Å²) in [5.41, 5.74) is 5.26. The van der Waals surface area contributed by atoms with Gasteiger partial charge in [-0.25, -0.2) is 0 Å². The van der Waals surface area contributed by atoms with Gasteiger partial charge in [-0.05, 0) is 53.7 Å². The van der Waals surface area contributed by atoms with Gasteiger partial charge < -0.3 is 9.47 Å². The van der Waals surface area contributed by atoms with Crippen LogP contribution in [-0.2, 0) is 16.0 Å². The largest absolute Gasteiger partial charge is 0.493 e. The first-order chi connectivity index (χ1) is 13.2. The first kappa shape index (κ1) is 19.2. The fraction of sp³-hybridized carbons (Fsp3) is 0.375. The first-order valence-electron chi connectivity index (χ1n) is 9.85. The molecule has 0 fully saturated rings. The molecule has 0 radical (unpaired) electrons. The molecule has 2 aromatic rings. The van der Waals surface area contributed by atoms with Gasteiger partial charge in [-0.1, -0.05) is 56.3 Å². The number of benzene rings is 2. The predicted molar refractivity (Wildman–Crippen MR) is 110 cm³/mol. The Morgan fingerprint density at radius 1 is 1.07 bits per heavy atom.